The number of hydrogen-bond donors (Lipinski definition) is 1. The lowest BCUT2D eigenvalue weighted by molar-refractivity contribution is -0.115. The second kappa shape index (κ2) is 5.57. The topological polar surface area (TPSA) is 54.9 Å². The first-order valence-corrected chi connectivity index (χ1v) is 6.63. The van der Waals surface area contributed by atoms with E-state index in [-0.39, 0.29) is 12.3 Å². The van der Waals surface area contributed by atoms with Gasteiger partial charge >= 0.3 is 0 Å². The average molecular weight is 333 g/mol. The molecule has 0 saturated carbocycles. The van der Waals surface area contributed by atoms with Gasteiger partial charge in [-0.3, -0.25) is 9.78 Å². The molecule has 88 valence electrons. The lowest BCUT2D eigenvalue weighted by Crippen LogP contribution is -2.14. The molecule has 0 aliphatic carbocycles. The van der Waals surface area contributed by atoms with E-state index in [1.165, 1.54) is 17.5 Å². The van der Waals surface area contributed by atoms with Crippen LogP contribution in [0.4, 0.5) is 5.13 Å². The minimum atomic E-state index is -0.143. The van der Waals surface area contributed by atoms with Crippen molar-refractivity contribution in [1.82, 2.24) is 9.97 Å². The average Bonchev–Trinajstić information content (AvgIpc) is 2.63. The smallest absolute Gasteiger partial charge is 0.230 e. The fourth-order valence-corrected chi connectivity index (χ4v) is 2.45. The van der Waals surface area contributed by atoms with E-state index in [4.69, 9.17) is 11.6 Å². The first-order chi connectivity index (χ1) is 8.13. The Hall–Kier alpha value is -0.980. The van der Waals surface area contributed by atoms with Gasteiger partial charge in [0.1, 0.15) is 4.34 Å². The Labute approximate surface area is 115 Å². The zero-order valence-corrected chi connectivity index (χ0v) is 11.6. The number of anilines is 1. The van der Waals surface area contributed by atoms with Crippen LogP contribution in [0, 0.1) is 0 Å². The van der Waals surface area contributed by atoms with Gasteiger partial charge in [-0.05, 0) is 27.6 Å². The van der Waals surface area contributed by atoms with Gasteiger partial charge in [-0.25, -0.2) is 4.98 Å². The van der Waals surface area contributed by atoms with Crippen molar-refractivity contribution in [2.24, 2.45) is 0 Å². The van der Waals surface area contributed by atoms with Crippen LogP contribution in [0.1, 0.15) is 5.56 Å². The lowest BCUT2D eigenvalue weighted by atomic mass is 10.2. The monoisotopic (exact) mass is 331 g/mol. The largest absolute Gasteiger partial charge is 0.302 e. The number of halogens is 2. The number of hydrogen-bond acceptors (Lipinski definition) is 4. The summed E-state index contributed by atoms with van der Waals surface area (Å²) >= 11 is 10.2. The van der Waals surface area contributed by atoms with Crippen LogP contribution in [0.15, 0.2) is 29.1 Å². The molecule has 2 aromatic rings. The Morgan fingerprint density at radius 1 is 1.47 bits per heavy atom. The third-order valence-electron chi connectivity index (χ3n) is 1.85. The van der Waals surface area contributed by atoms with Crippen molar-refractivity contribution in [3.63, 3.8) is 0 Å². The van der Waals surface area contributed by atoms with E-state index in [1.807, 2.05) is 6.07 Å². The summed E-state index contributed by atoms with van der Waals surface area (Å²) in [5, 5.41) is 3.17. The van der Waals surface area contributed by atoms with E-state index in [1.54, 1.807) is 12.4 Å². The van der Waals surface area contributed by atoms with Gasteiger partial charge in [-0.1, -0.05) is 22.9 Å². The number of thiazole rings is 1. The second-order valence-corrected chi connectivity index (χ2v) is 5.78. The molecular weight excluding hydrogens is 326 g/mol. The molecule has 0 bridgehead atoms. The highest BCUT2D eigenvalue weighted by molar-refractivity contribution is 9.10. The van der Waals surface area contributed by atoms with E-state index >= 15 is 0 Å². The molecule has 1 N–H and O–H groups in total. The van der Waals surface area contributed by atoms with Gasteiger partial charge in [-0.15, -0.1) is 0 Å². The molecule has 0 aliphatic heterocycles. The third-order valence-corrected chi connectivity index (χ3v) is 3.31. The zero-order valence-electron chi connectivity index (χ0n) is 8.48. The van der Waals surface area contributed by atoms with E-state index in [9.17, 15) is 4.79 Å². The highest BCUT2D eigenvalue weighted by Crippen LogP contribution is 2.22. The fourth-order valence-electron chi connectivity index (χ4n) is 1.21. The lowest BCUT2D eigenvalue weighted by Gasteiger charge is -2.01. The molecule has 2 heterocycles. The van der Waals surface area contributed by atoms with Crippen LogP contribution in [-0.2, 0) is 11.2 Å². The molecule has 0 aliphatic rings. The molecular formula is C10H7BrClN3OS. The van der Waals surface area contributed by atoms with Gasteiger partial charge in [0.25, 0.3) is 0 Å². The molecule has 0 aromatic carbocycles. The Bertz CT molecular complexity index is 546. The summed E-state index contributed by atoms with van der Waals surface area (Å²) in [6.07, 6.45) is 5.08. The number of nitrogens with zero attached hydrogens (tertiary/aromatic N) is 2. The fraction of sp³-hybridized carbons (Fsp3) is 0.100. The second-order valence-electron chi connectivity index (χ2n) is 3.21. The molecule has 0 radical (unpaired) electrons. The molecule has 17 heavy (non-hydrogen) atoms. The number of nitrogens with one attached hydrogen (secondary N) is 1. The minimum absolute atomic E-state index is 0.143. The van der Waals surface area contributed by atoms with E-state index < -0.39 is 0 Å². The van der Waals surface area contributed by atoms with E-state index in [0.29, 0.717) is 9.47 Å². The van der Waals surface area contributed by atoms with Crippen LogP contribution >= 0.6 is 38.9 Å². The van der Waals surface area contributed by atoms with E-state index in [2.05, 4.69) is 31.2 Å². The summed E-state index contributed by atoms with van der Waals surface area (Å²) in [5.74, 6) is -0.143. The van der Waals surface area contributed by atoms with Crippen molar-refractivity contribution in [2.75, 3.05) is 5.32 Å². The van der Waals surface area contributed by atoms with Gasteiger partial charge < -0.3 is 5.32 Å². The highest BCUT2D eigenvalue weighted by Gasteiger charge is 2.07. The number of pyridine rings is 1. The minimum Gasteiger partial charge on any atom is -0.302 e. The quantitative estimate of drug-likeness (QED) is 0.939. The summed E-state index contributed by atoms with van der Waals surface area (Å²) < 4.78 is 1.39. The van der Waals surface area contributed by atoms with Crippen molar-refractivity contribution >= 4 is 49.9 Å². The van der Waals surface area contributed by atoms with Crippen LogP contribution in [0.3, 0.4) is 0 Å². The predicted octanol–water partition coefficient (Wildman–Crippen LogP) is 3.14. The van der Waals surface area contributed by atoms with Crippen molar-refractivity contribution in [2.45, 2.75) is 6.42 Å². The van der Waals surface area contributed by atoms with Crippen LogP contribution in [0.25, 0.3) is 0 Å². The highest BCUT2D eigenvalue weighted by atomic mass is 79.9. The van der Waals surface area contributed by atoms with Gasteiger partial charge in [0.2, 0.25) is 5.91 Å². The molecule has 0 atom stereocenters. The Morgan fingerprint density at radius 3 is 2.94 bits per heavy atom. The van der Waals surface area contributed by atoms with Crippen LogP contribution < -0.4 is 5.32 Å². The maximum atomic E-state index is 11.7. The Morgan fingerprint density at radius 2 is 2.29 bits per heavy atom. The number of rotatable bonds is 3. The van der Waals surface area contributed by atoms with E-state index in [0.717, 1.165) is 10.0 Å². The van der Waals surface area contributed by atoms with Gasteiger partial charge in [0.15, 0.2) is 5.13 Å². The van der Waals surface area contributed by atoms with Crippen molar-refractivity contribution in [3.8, 4) is 0 Å². The number of aromatic nitrogens is 2. The molecule has 4 nitrogen and oxygen atoms in total. The zero-order chi connectivity index (χ0) is 12.3. The van der Waals surface area contributed by atoms with Crippen LogP contribution in [0.5, 0.6) is 0 Å². The molecule has 0 saturated heterocycles. The predicted molar refractivity (Wildman–Crippen MR) is 71.4 cm³/mol. The SMILES string of the molecule is O=C(Cc1cncc(Br)c1)Nc1ncc(Cl)s1. The van der Waals surface area contributed by atoms with Crippen molar-refractivity contribution < 1.29 is 4.79 Å². The molecule has 0 spiro atoms. The molecule has 0 unspecified atom stereocenters. The number of carbonyl (C=O) groups is 1. The summed E-state index contributed by atoms with van der Waals surface area (Å²) in [4.78, 5) is 19.6. The molecule has 0 fully saturated rings. The summed E-state index contributed by atoms with van der Waals surface area (Å²) in [6.45, 7) is 0. The van der Waals surface area contributed by atoms with Crippen LogP contribution in [0.2, 0.25) is 4.34 Å². The Balaban J connectivity index is 1.98. The third kappa shape index (κ3) is 3.76. The summed E-state index contributed by atoms with van der Waals surface area (Å²) in [7, 11) is 0. The van der Waals surface area contributed by atoms with Gasteiger partial charge in [-0.2, -0.15) is 0 Å². The van der Waals surface area contributed by atoms with Gasteiger partial charge in [0, 0.05) is 16.9 Å². The molecule has 7 heteroatoms. The molecule has 1 amide bonds. The molecule has 2 aromatic heterocycles. The first-order valence-electron chi connectivity index (χ1n) is 4.64. The first kappa shape index (κ1) is 12.5. The van der Waals surface area contributed by atoms with Crippen molar-refractivity contribution in [1.29, 1.82) is 0 Å². The van der Waals surface area contributed by atoms with Crippen molar-refractivity contribution in [3.05, 3.63) is 39.0 Å². The van der Waals surface area contributed by atoms with Crippen LogP contribution in [-0.4, -0.2) is 15.9 Å². The maximum Gasteiger partial charge on any atom is 0.230 e. The normalized spacial score (nSPS) is 10.2. The molecule has 2 rings (SSSR count). The summed E-state index contributed by atoms with van der Waals surface area (Å²) in [6, 6.07) is 1.85. The number of carbonyl (C=O) groups excluding carboxylic acids is 1. The maximum absolute atomic E-state index is 11.7. The standard InChI is InChI=1S/C10H7BrClN3OS/c11-7-1-6(3-13-4-7)2-9(16)15-10-14-5-8(12)17-10/h1,3-5H,2H2,(H,14,15,16). The Kier molecular flexibility index (Phi) is 4.09. The number of amides is 1. The van der Waals surface area contributed by atoms with Gasteiger partial charge in [0.05, 0.1) is 12.6 Å². The summed E-state index contributed by atoms with van der Waals surface area (Å²) in [5.41, 5.74) is 0.833.